The number of ether oxygens (including phenoxy) is 3. The van der Waals surface area contributed by atoms with Gasteiger partial charge in [0.15, 0.2) is 0 Å². The van der Waals surface area contributed by atoms with Gasteiger partial charge >= 0.3 is 5.69 Å². The maximum absolute atomic E-state index is 13.8. The van der Waals surface area contributed by atoms with E-state index in [9.17, 15) is 10.0 Å². The van der Waals surface area contributed by atoms with Crippen LogP contribution in [0.25, 0.3) is 5.69 Å². The molecule has 13 nitrogen and oxygen atoms in total. The lowest BCUT2D eigenvalue weighted by Crippen LogP contribution is -2.57. The Bertz CT molecular complexity index is 1960. The molecule has 0 spiro atoms. The van der Waals surface area contributed by atoms with Crippen LogP contribution in [0.5, 0.6) is 5.75 Å². The average Bonchev–Trinajstić information content (AvgIpc) is 3.89. The lowest BCUT2D eigenvalue weighted by atomic mass is 10.1. The summed E-state index contributed by atoms with van der Waals surface area (Å²) in [5, 5.41) is 23.3. The van der Waals surface area contributed by atoms with Crippen molar-refractivity contribution < 1.29 is 14.2 Å². The molecule has 0 bridgehead atoms. The van der Waals surface area contributed by atoms with E-state index in [-0.39, 0.29) is 31.0 Å². The third-order valence-electron chi connectivity index (χ3n) is 9.44. The van der Waals surface area contributed by atoms with E-state index >= 15 is 0 Å². The molecule has 2 aliphatic heterocycles. The molecule has 3 atom stereocenters. The average molecular weight is 722 g/mol. The first-order chi connectivity index (χ1) is 24.2. The third kappa shape index (κ3) is 6.89. The molecule has 0 aliphatic carbocycles. The van der Waals surface area contributed by atoms with Crippen LogP contribution in [0.3, 0.4) is 0 Å². The van der Waals surface area contributed by atoms with Gasteiger partial charge in [0.2, 0.25) is 5.79 Å². The van der Waals surface area contributed by atoms with Crippen molar-refractivity contribution in [2.45, 2.75) is 44.7 Å². The molecule has 2 aliphatic rings. The molecule has 2 fully saturated rings. The van der Waals surface area contributed by atoms with Gasteiger partial charge in [0.25, 0.3) is 0 Å². The predicted molar refractivity (Wildman–Crippen MR) is 191 cm³/mol. The second kappa shape index (κ2) is 14.2. The Hall–Kier alpha value is -4.24. The summed E-state index contributed by atoms with van der Waals surface area (Å²) in [6, 6.07) is 20.3. The smallest absolute Gasteiger partial charge is 0.350 e. The van der Waals surface area contributed by atoms with Crippen LogP contribution in [0.2, 0.25) is 10.0 Å². The number of rotatable bonds is 11. The van der Waals surface area contributed by atoms with Gasteiger partial charge in [0.1, 0.15) is 62.8 Å². The maximum atomic E-state index is 13.8. The lowest BCUT2D eigenvalue weighted by molar-refractivity contribution is -0.190. The second-order valence-electron chi connectivity index (χ2n) is 12.7. The Morgan fingerprint density at radius 1 is 1.02 bits per heavy atom. The van der Waals surface area contributed by atoms with Crippen molar-refractivity contribution in [2.75, 3.05) is 44.3 Å². The summed E-state index contributed by atoms with van der Waals surface area (Å²) in [5.74, 6) is -0.495. The molecule has 2 aromatic heterocycles. The molecule has 4 heterocycles. The Kier molecular flexibility index (Phi) is 9.70. The van der Waals surface area contributed by atoms with Crippen LogP contribution in [0, 0.1) is 5.21 Å². The highest BCUT2D eigenvalue weighted by molar-refractivity contribution is 6.35. The molecule has 0 saturated carbocycles. The maximum Gasteiger partial charge on any atom is 0.350 e. The van der Waals surface area contributed by atoms with Gasteiger partial charge in [-0.15, -0.1) is 0 Å². The van der Waals surface area contributed by atoms with E-state index in [1.165, 1.54) is 21.9 Å². The number of quaternary nitrogens is 1. The summed E-state index contributed by atoms with van der Waals surface area (Å²) in [6.45, 7) is 6.77. The van der Waals surface area contributed by atoms with Crippen LogP contribution in [0.1, 0.15) is 31.9 Å². The monoisotopic (exact) mass is 720 g/mol. The molecular formula is C35H38Cl2N8O5. The number of anilines is 1. The van der Waals surface area contributed by atoms with Gasteiger partial charge in [0, 0.05) is 28.4 Å². The molecule has 15 heteroatoms. The van der Waals surface area contributed by atoms with Gasteiger partial charge in [-0.05, 0) is 61.9 Å². The number of piperazine rings is 1. The summed E-state index contributed by atoms with van der Waals surface area (Å²) >= 11 is 12.7. The largest absolute Gasteiger partial charge is 0.627 e. The lowest BCUT2D eigenvalue weighted by Gasteiger charge is -2.48. The second-order valence-corrected chi connectivity index (χ2v) is 13.5. The fourth-order valence-electron chi connectivity index (χ4n) is 6.38. The van der Waals surface area contributed by atoms with Crippen LogP contribution in [0.15, 0.2) is 90.5 Å². The zero-order valence-corrected chi connectivity index (χ0v) is 29.3. The van der Waals surface area contributed by atoms with Gasteiger partial charge in [0.05, 0.1) is 36.4 Å². The molecule has 50 heavy (non-hydrogen) atoms. The SMILES string of the molecule is CCC(C)n1ncn(-c2ccc([N+]3([O-])CCN(c4ccc(OC[C@H]5CO[C@](Cn6cncn6)(c6ccc(Cl)cc6Cl)O5)cc4)CC3)cc2)c1=O. The molecule has 0 N–H and O–H groups in total. The van der Waals surface area contributed by atoms with Gasteiger partial charge in [-0.25, -0.2) is 23.7 Å². The molecule has 0 amide bonds. The summed E-state index contributed by atoms with van der Waals surface area (Å²) < 4.78 is 23.0. The number of hydroxylamine groups is 2. The van der Waals surface area contributed by atoms with E-state index in [0.29, 0.717) is 65.5 Å². The van der Waals surface area contributed by atoms with Crippen molar-refractivity contribution in [3.05, 3.63) is 117 Å². The highest BCUT2D eigenvalue weighted by Crippen LogP contribution is 2.40. The predicted octanol–water partition coefficient (Wildman–Crippen LogP) is 5.58. The molecule has 0 radical (unpaired) electrons. The Morgan fingerprint density at radius 2 is 1.76 bits per heavy atom. The van der Waals surface area contributed by atoms with E-state index < -0.39 is 10.4 Å². The highest BCUT2D eigenvalue weighted by atomic mass is 35.5. The quantitative estimate of drug-likeness (QED) is 0.127. The fraction of sp³-hybridized carbons (Fsp3) is 0.371. The normalized spacial score (nSPS) is 21.0. The van der Waals surface area contributed by atoms with Gasteiger partial charge < -0.3 is 29.0 Å². The minimum Gasteiger partial charge on any atom is -0.627 e. The van der Waals surface area contributed by atoms with Crippen molar-refractivity contribution >= 4 is 34.6 Å². The highest BCUT2D eigenvalue weighted by Gasteiger charge is 2.45. The number of aromatic nitrogens is 6. The van der Waals surface area contributed by atoms with E-state index in [4.69, 9.17) is 37.4 Å². The first kappa shape index (κ1) is 34.2. The Balaban J connectivity index is 0.943. The summed E-state index contributed by atoms with van der Waals surface area (Å²) in [6.07, 6.45) is 5.02. The molecule has 5 aromatic rings. The molecule has 1 unspecified atom stereocenters. The minimum absolute atomic E-state index is 0.0140. The van der Waals surface area contributed by atoms with Crippen LogP contribution in [0.4, 0.5) is 11.4 Å². The molecule has 262 valence electrons. The molecule has 2 saturated heterocycles. The van der Waals surface area contributed by atoms with E-state index in [0.717, 1.165) is 12.1 Å². The Morgan fingerprint density at radius 3 is 2.44 bits per heavy atom. The van der Waals surface area contributed by atoms with Crippen molar-refractivity contribution in [1.82, 2.24) is 33.8 Å². The fourth-order valence-corrected chi connectivity index (χ4v) is 6.94. The zero-order chi connectivity index (χ0) is 34.9. The van der Waals surface area contributed by atoms with E-state index in [1.807, 2.05) is 62.4 Å². The number of nitrogens with zero attached hydrogens (tertiary/aromatic N) is 8. The van der Waals surface area contributed by atoms with E-state index in [2.05, 4.69) is 20.1 Å². The third-order valence-corrected chi connectivity index (χ3v) is 9.99. The Labute approximate surface area is 299 Å². The van der Waals surface area contributed by atoms with Crippen LogP contribution in [-0.4, -0.2) is 74.6 Å². The number of hydrogen-bond acceptors (Lipinski definition) is 9. The van der Waals surface area contributed by atoms with Gasteiger partial charge in [-0.1, -0.05) is 36.2 Å². The summed E-state index contributed by atoms with van der Waals surface area (Å²) in [7, 11) is 0. The number of hydrogen-bond donors (Lipinski definition) is 0. The van der Waals surface area contributed by atoms with Crippen LogP contribution >= 0.6 is 23.2 Å². The van der Waals surface area contributed by atoms with Crippen molar-refractivity contribution in [3.63, 3.8) is 0 Å². The zero-order valence-electron chi connectivity index (χ0n) is 27.8. The number of halogens is 2. The first-order valence-corrected chi connectivity index (χ1v) is 17.3. The van der Waals surface area contributed by atoms with Crippen molar-refractivity contribution in [2.24, 2.45) is 0 Å². The van der Waals surface area contributed by atoms with Crippen molar-refractivity contribution in [1.29, 1.82) is 0 Å². The summed E-state index contributed by atoms with van der Waals surface area (Å²) in [5.41, 5.74) is 2.82. The topological polar surface area (TPSA) is 125 Å². The van der Waals surface area contributed by atoms with E-state index in [1.54, 1.807) is 29.2 Å². The minimum atomic E-state index is -1.18. The van der Waals surface area contributed by atoms with Gasteiger partial charge in [-0.3, -0.25) is 0 Å². The standard InChI is InChI=1S/C35H38Cl2N8O5/c1-3-25(2)44-34(46)43(24-40-44)28-5-9-29(10-6-28)45(47)16-14-41(15-17-45)27-7-11-30(12-8-27)48-19-31-20-49-35(50-31,21-42-23-38-22-39-42)32-13-4-26(36)18-33(32)37/h4-13,18,22-25,31H,3,14-17,19-21H2,1-2H3/t25?,31-,35-/m0/s1. The molecule has 3 aromatic carbocycles. The van der Waals surface area contributed by atoms with Gasteiger partial charge in [-0.2, -0.15) is 10.2 Å². The molecule has 7 rings (SSSR count). The van der Waals surface area contributed by atoms with Crippen LogP contribution < -0.4 is 20.0 Å². The van der Waals surface area contributed by atoms with Crippen LogP contribution in [-0.2, 0) is 21.8 Å². The van der Waals surface area contributed by atoms with Crippen molar-refractivity contribution in [3.8, 4) is 11.4 Å². The first-order valence-electron chi connectivity index (χ1n) is 16.6. The number of benzene rings is 3. The molecular weight excluding hydrogens is 683 g/mol. The summed E-state index contributed by atoms with van der Waals surface area (Å²) in [4.78, 5) is 19.0.